The summed E-state index contributed by atoms with van der Waals surface area (Å²) in [7, 11) is 4.32. The van der Waals surface area contributed by atoms with E-state index < -0.39 is 0 Å². The van der Waals surface area contributed by atoms with Crippen molar-refractivity contribution in [2.24, 2.45) is 5.92 Å². The molecule has 1 fully saturated rings. The molecule has 1 aromatic heterocycles. The predicted octanol–water partition coefficient (Wildman–Crippen LogP) is 1.11. The van der Waals surface area contributed by atoms with Gasteiger partial charge in [-0.05, 0) is 20.0 Å². The van der Waals surface area contributed by atoms with Crippen molar-refractivity contribution in [2.75, 3.05) is 32.9 Å². The molecule has 1 saturated heterocycles. The van der Waals surface area contributed by atoms with Crippen molar-refractivity contribution in [3.05, 3.63) is 11.1 Å². The van der Waals surface area contributed by atoms with Crippen LogP contribution >= 0.6 is 11.3 Å². The third-order valence-corrected chi connectivity index (χ3v) is 4.07. The van der Waals surface area contributed by atoms with E-state index in [9.17, 15) is 0 Å². The summed E-state index contributed by atoms with van der Waals surface area (Å²) in [6, 6.07) is 0.672. The highest BCUT2D eigenvalue weighted by Crippen LogP contribution is 2.24. The molecule has 0 aliphatic carbocycles. The maximum absolute atomic E-state index is 5.64. The lowest BCUT2D eigenvalue weighted by atomic mass is 10.1. The van der Waals surface area contributed by atoms with Crippen molar-refractivity contribution in [1.82, 2.24) is 14.8 Å². The van der Waals surface area contributed by atoms with Crippen LogP contribution in [0.2, 0.25) is 0 Å². The van der Waals surface area contributed by atoms with Gasteiger partial charge in [-0.15, -0.1) is 11.3 Å². The summed E-state index contributed by atoms with van der Waals surface area (Å²) < 4.78 is 0. The molecule has 2 rings (SSSR count). The maximum atomic E-state index is 5.64. The molecule has 0 amide bonds. The molecule has 16 heavy (non-hydrogen) atoms. The molecule has 2 heterocycles. The lowest BCUT2D eigenvalue weighted by Gasteiger charge is -2.22. The Morgan fingerprint density at radius 1 is 1.56 bits per heavy atom. The van der Waals surface area contributed by atoms with Crippen LogP contribution in [0.1, 0.15) is 11.8 Å². The summed E-state index contributed by atoms with van der Waals surface area (Å²) in [5.74, 6) is 0.736. The summed E-state index contributed by atoms with van der Waals surface area (Å²) in [4.78, 5) is 10.2. The van der Waals surface area contributed by atoms with Crippen molar-refractivity contribution < 1.29 is 0 Å². The first-order valence-corrected chi connectivity index (χ1v) is 6.47. The zero-order valence-corrected chi connectivity index (χ0v) is 11.0. The quantitative estimate of drug-likeness (QED) is 0.859. The van der Waals surface area contributed by atoms with E-state index in [-0.39, 0.29) is 0 Å². The third kappa shape index (κ3) is 2.53. The van der Waals surface area contributed by atoms with E-state index in [4.69, 9.17) is 5.73 Å². The number of nitrogens with zero attached hydrogens (tertiary/aromatic N) is 3. The fourth-order valence-electron chi connectivity index (χ4n) is 2.47. The van der Waals surface area contributed by atoms with E-state index in [2.05, 4.69) is 35.8 Å². The van der Waals surface area contributed by atoms with Gasteiger partial charge in [0.25, 0.3) is 0 Å². The highest BCUT2D eigenvalue weighted by molar-refractivity contribution is 7.15. The van der Waals surface area contributed by atoms with Crippen LogP contribution in [0.5, 0.6) is 0 Å². The van der Waals surface area contributed by atoms with Crippen LogP contribution in [0.4, 0.5) is 5.13 Å². The Morgan fingerprint density at radius 3 is 2.81 bits per heavy atom. The fourth-order valence-corrected chi connectivity index (χ4v) is 3.19. The zero-order valence-electron chi connectivity index (χ0n) is 10.2. The Bertz CT molecular complexity index is 350. The number of likely N-dealkylation sites (tertiary alicyclic amines) is 1. The largest absolute Gasteiger partial charge is 0.375 e. The molecule has 90 valence electrons. The third-order valence-electron chi connectivity index (χ3n) is 3.26. The van der Waals surface area contributed by atoms with E-state index in [0.29, 0.717) is 11.2 Å². The summed E-state index contributed by atoms with van der Waals surface area (Å²) in [6.45, 7) is 5.63. The van der Waals surface area contributed by atoms with Gasteiger partial charge >= 0.3 is 0 Å². The van der Waals surface area contributed by atoms with Gasteiger partial charge in [0.2, 0.25) is 0 Å². The lowest BCUT2D eigenvalue weighted by Crippen LogP contribution is -2.34. The van der Waals surface area contributed by atoms with Gasteiger partial charge in [-0.3, -0.25) is 4.90 Å². The van der Waals surface area contributed by atoms with Crippen molar-refractivity contribution >= 4 is 16.5 Å². The predicted molar refractivity (Wildman–Crippen MR) is 68.4 cm³/mol. The average molecular weight is 240 g/mol. The molecule has 0 aromatic carbocycles. The van der Waals surface area contributed by atoms with Gasteiger partial charge in [-0.2, -0.15) is 0 Å². The zero-order chi connectivity index (χ0) is 11.7. The van der Waals surface area contributed by atoms with Gasteiger partial charge in [0, 0.05) is 36.8 Å². The molecule has 2 N–H and O–H groups in total. The van der Waals surface area contributed by atoms with Crippen molar-refractivity contribution in [3.63, 3.8) is 0 Å². The topological polar surface area (TPSA) is 45.4 Å². The van der Waals surface area contributed by atoms with Crippen LogP contribution in [-0.4, -0.2) is 48.0 Å². The smallest absolute Gasteiger partial charge is 0.180 e. The second kappa shape index (κ2) is 4.69. The van der Waals surface area contributed by atoms with E-state index in [1.165, 1.54) is 11.4 Å². The highest BCUT2D eigenvalue weighted by Gasteiger charge is 2.30. The molecule has 0 radical (unpaired) electrons. The standard InChI is InChI=1S/C11H20N4S/c1-8-5-15(7-10(8)14(2)3)6-9-4-13-11(12)16-9/h4,8,10H,5-7H2,1-3H3,(H2,12,13). The summed E-state index contributed by atoms with van der Waals surface area (Å²) >= 11 is 1.60. The van der Waals surface area contributed by atoms with Gasteiger partial charge in [0.15, 0.2) is 5.13 Å². The second-order valence-corrected chi connectivity index (χ2v) is 6.01. The summed E-state index contributed by atoms with van der Waals surface area (Å²) in [5, 5.41) is 0.673. The number of anilines is 1. The Hall–Kier alpha value is -0.650. The van der Waals surface area contributed by atoms with Crippen LogP contribution in [-0.2, 0) is 6.54 Å². The molecule has 1 aromatic rings. The molecular formula is C11H20N4S. The van der Waals surface area contributed by atoms with Gasteiger partial charge in [0.1, 0.15) is 0 Å². The van der Waals surface area contributed by atoms with Crippen molar-refractivity contribution in [3.8, 4) is 0 Å². The minimum Gasteiger partial charge on any atom is -0.375 e. The highest BCUT2D eigenvalue weighted by atomic mass is 32.1. The number of aromatic nitrogens is 1. The minimum atomic E-state index is 0.672. The molecule has 2 unspecified atom stereocenters. The van der Waals surface area contributed by atoms with Gasteiger partial charge in [0.05, 0.1) is 0 Å². The monoisotopic (exact) mass is 240 g/mol. The van der Waals surface area contributed by atoms with Crippen molar-refractivity contribution in [2.45, 2.75) is 19.5 Å². The minimum absolute atomic E-state index is 0.672. The SMILES string of the molecule is CC1CN(Cc2cnc(N)s2)CC1N(C)C. The molecule has 2 atom stereocenters. The van der Waals surface area contributed by atoms with Gasteiger partial charge < -0.3 is 10.6 Å². The Kier molecular flexibility index (Phi) is 3.47. The van der Waals surface area contributed by atoms with E-state index >= 15 is 0 Å². The summed E-state index contributed by atoms with van der Waals surface area (Å²) in [5.41, 5.74) is 5.64. The van der Waals surface area contributed by atoms with E-state index in [1.54, 1.807) is 11.3 Å². The Morgan fingerprint density at radius 2 is 2.31 bits per heavy atom. The molecule has 4 nitrogen and oxygen atoms in total. The van der Waals surface area contributed by atoms with Gasteiger partial charge in [-0.1, -0.05) is 6.92 Å². The number of thiazole rings is 1. The fraction of sp³-hybridized carbons (Fsp3) is 0.727. The lowest BCUT2D eigenvalue weighted by molar-refractivity contribution is 0.250. The van der Waals surface area contributed by atoms with Crippen LogP contribution in [0.25, 0.3) is 0 Å². The van der Waals surface area contributed by atoms with Crippen LogP contribution < -0.4 is 5.73 Å². The van der Waals surface area contributed by atoms with E-state index in [0.717, 1.165) is 19.0 Å². The van der Waals surface area contributed by atoms with Crippen LogP contribution in [0, 0.1) is 5.92 Å². The van der Waals surface area contributed by atoms with E-state index in [1.807, 2.05) is 6.20 Å². The number of nitrogen functional groups attached to an aromatic ring is 1. The molecule has 0 saturated carbocycles. The Labute approximate surface area is 101 Å². The van der Waals surface area contributed by atoms with Crippen LogP contribution in [0.3, 0.4) is 0 Å². The number of rotatable bonds is 3. The van der Waals surface area contributed by atoms with Gasteiger partial charge in [-0.25, -0.2) is 4.98 Å². The normalized spacial score (nSPS) is 26.8. The Balaban J connectivity index is 1.93. The molecule has 1 aliphatic heterocycles. The molecule has 0 bridgehead atoms. The molecule has 0 spiro atoms. The molecule has 1 aliphatic rings. The number of hydrogen-bond acceptors (Lipinski definition) is 5. The average Bonchev–Trinajstić information content (AvgIpc) is 2.73. The van der Waals surface area contributed by atoms with Crippen LogP contribution in [0.15, 0.2) is 6.20 Å². The van der Waals surface area contributed by atoms with Crippen molar-refractivity contribution in [1.29, 1.82) is 0 Å². The molecule has 5 heteroatoms. The maximum Gasteiger partial charge on any atom is 0.180 e. The number of nitrogens with two attached hydrogens (primary N) is 1. The number of likely N-dealkylation sites (N-methyl/N-ethyl adjacent to an activating group) is 1. The summed E-state index contributed by atoms with van der Waals surface area (Å²) in [6.07, 6.45) is 1.90. The number of hydrogen-bond donors (Lipinski definition) is 1. The first-order valence-electron chi connectivity index (χ1n) is 5.65. The molecular weight excluding hydrogens is 220 g/mol. The first kappa shape index (κ1) is 11.8. The first-order chi connectivity index (χ1) is 7.56. The second-order valence-electron chi connectivity index (χ2n) is 4.87.